The van der Waals surface area contributed by atoms with Gasteiger partial charge in [0.2, 0.25) is 11.9 Å². The average Bonchev–Trinajstić information content (AvgIpc) is 3.03. The fraction of sp³-hybridized carbons (Fsp3) is 0.267. The molecule has 1 fully saturated rings. The Balaban J connectivity index is 1.77. The highest BCUT2D eigenvalue weighted by atomic mass is 32.1. The first-order valence-electron chi connectivity index (χ1n) is 6.73. The highest BCUT2D eigenvalue weighted by molar-refractivity contribution is 7.17. The summed E-state index contributed by atoms with van der Waals surface area (Å²) in [4.78, 5) is 29.0. The van der Waals surface area contributed by atoms with Gasteiger partial charge in [0, 0.05) is 4.70 Å². The summed E-state index contributed by atoms with van der Waals surface area (Å²) in [5.74, 6) is 0.0406. The van der Waals surface area contributed by atoms with Crippen molar-refractivity contribution in [3.05, 3.63) is 35.2 Å². The summed E-state index contributed by atoms with van der Waals surface area (Å²) >= 11 is 1.69. The number of guanidine groups is 1. The molecule has 0 spiro atoms. The van der Waals surface area contributed by atoms with E-state index in [0.29, 0.717) is 12.4 Å². The van der Waals surface area contributed by atoms with Crippen molar-refractivity contribution in [1.29, 1.82) is 0 Å². The van der Waals surface area contributed by atoms with Gasteiger partial charge in [-0.1, -0.05) is 6.07 Å². The molecule has 0 radical (unpaired) electrons. The van der Waals surface area contributed by atoms with Crippen molar-refractivity contribution >= 4 is 39.2 Å². The predicted octanol–water partition coefficient (Wildman–Crippen LogP) is 1.83. The SMILES string of the molecule is C[C@@]1(c2ccc3sccc3c2)CC(=O)N2CC(=O)N=C2N1. The van der Waals surface area contributed by atoms with Crippen LogP contribution in [0.25, 0.3) is 10.1 Å². The van der Waals surface area contributed by atoms with Gasteiger partial charge in [-0.05, 0) is 41.5 Å². The molecule has 1 aromatic heterocycles. The van der Waals surface area contributed by atoms with Gasteiger partial charge in [0.1, 0.15) is 6.54 Å². The second kappa shape index (κ2) is 4.14. The lowest BCUT2D eigenvalue weighted by Gasteiger charge is -2.39. The van der Waals surface area contributed by atoms with E-state index in [-0.39, 0.29) is 18.4 Å². The standard InChI is InChI=1S/C15H13N3O2S/c1-15(10-2-3-11-9(6-10)4-5-21-11)7-13(20)18-8-12(19)16-14(18)17-15/h2-6H,7-8H2,1H3,(H,16,17,19)/t15-/m0/s1. The zero-order valence-electron chi connectivity index (χ0n) is 11.4. The van der Waals surface area contributed by atoms with E-state index in [1.165, 1.54) is 15.0 Å². The van der Waals surface area contributed by atoms with Gasteiger partial charge in [-0.25, -0.2) is 0 Å². The summed E-state index contributed by atoms with van der Waals surface area (Å²) in [5.41, 5.74) is 0.496. The van der Waals surface area contributed by atoms with Crippen LogP contribution in [-0.4, -0.2) is 29.2 Å². The number of benzene rings is 1. The Hall–Kier alpha value is -2.21. The molecule has 1 N–H and O–H groups in total. The lowest BCUT2D eigenvalue weighted by atomic mass is 9.86. The molecule has 1 aromatic carbocycles. The molecular weight excluding hydrogens is 286 g/mol. The van der Waals surface area contributed by atoms with E-state index in [1.54, 1.807) is 11.3 Å². The highest BCUT2D eigenvalue weighted by Gasteiger charge is 2.43. The Bertz CT molecular complexity index is 810. The van der Waals surface area contributed by atoms with Gasteiger partial charge in [0.05, 0.1) is 12.0 Å². The third kappa shape index (κ3) is 1.86. The second-order valence-corrected chi connectivity index (χ2v) is 6.56. The van der Waals surface area contributed by atoms with Crippen LogP contribution in [0.5, 0.6) is 0 Å². The highest BCUT2D eigenvalue weighted by Crippen LogP contribution is 2.33. The van der Waals surface area contributed by atoms with Crippen LogP contribution < -0.4 is 5.32 Å². The van der Waals surface area contributed by atoms with E-state index in [4.69, 9.17) is 0 Å². The first-order chi connectivity index (χ1) is 10.0. The minimum atomic E-state index is -0.535. The van der Waals surface area contributed by atoms with Gasteiger partial charge in [-0.3, -0.25) is 14.5 Å². The first kappa shape index (κ1) is 12.5. The van der Waals surface area contributed by atoms with Crippen molar-refractivity contribution in [2.75, 3.05) is 6.54 Å². The maximum absolute atomic E-state index is 12.3. The second-order valence-electron chi connectivity index (χ2n) is 5.62. The average molecular weight is 299 g/mol. The molecule has 1 saturated heterocycles. The van der Waals surface area contributed by atoms with Crippen molar-refractivity contribution in [3.63, 3.8) is 0 Å². The van der Waals surface area contributed by atoms with E-state index in [9.17, 15) is 9.59 Å². The van der Waals surface area contributed by atoms with Crippen molar-refractivity contribution in [2.45, 2.75) is 18.9 Å². The largest absolute Gasteiger partial charge is 0.346 e. The van der Waals surface area contributed by atoms with Crippen molar-refractivity contribution in [1.82, 2.24) is 10.2 Å². The Morgan fingerprint density at radius 3 is 3.05 bits per heavy atom. The van der Waals surface area contributed by atoms with Crippen LogP contribution in [0.1, 0.15) is 18.9 Å². The molecule has 3 heterocycles. The summed E-state index contributed by atoms with van der Waals surface area (Å²) in [5, 5.41) is 6.48. The maximum atomic E-state index is 12.3. The molecule has 4 rings (SSSR count). The number of nitrogens with zero attached hydrogens (tertiary/aromatic N) is 2. The Kier molecular flexibility index (Phi) is 2.47. The fourth-order valence-corrected chi connectivity index (χ4v) is 3.67. The molecule has 5 nitrogen and oxygen atoms in total. The molecule has 0 aliphatic carbocycles. The minimum absolute atomic E-state index is 0.0564. The molecule has 106 valence electrons. The number of carbonyl (C=O) groups excluding carboxylic acids is 2. The van der Waals surface area contributed by atoms with Gasteiger partial charge in [0.25, 0.3) is 5.91 Å². The quantitative estimate of drug-likeness (QED) is 0.874. The third-order valence-electron chi connectivity index (χ3n) is 4.06. The van der Waals surface area contributed by atoms with Crippen molar-refractivity contribution in [3.8, 4) is 0 Å². The number of thiophene rings is 1. The normalized spacial score (nSPS) is 25.0. The van der Waals surface area contributed by atoms with Crippen LogP contribution in [0, 0.1) is 0 Å². The molecule has 0 bridgehead atoms. The van der Waals surface area contributed by atoms with Crippen LogP contribution in [0.4, 0.5) is 0 Å². The number of rotatable bonds is 1. The molecular formula is C15H13N3O2S. The smallest absolute Gasteiger partial charge is 0.269 e. The van der Waals surface area contributed by atoms with E-state index in [2.05, 4.69) is 33.9 Å². The zero-order chi connectivity index (χ0) is 14.6. The Morgan fingerprint density at radius 1 is 1.33 bits per heavy atom. The maximum Gasteiger partial charge on any atom is 0.269 e. The molecule has 1 atom stereocenters. The predicted molar refractivity (Wildman–Crippen MR) is 81.1 cm³/mol. The van der Waals surface area contributed by atoms with Gasteiger partial charge in [0.15, 0.2) is 0 Å². The number of amides is 2. The number of carbonyl (C=O) groups is 2. The first-order valence-corrected chi connectivity index (χ1v) is 7.61. The number of hydrogen-bond donors (Lipinski definition) is 1. The third-order valence-corrected chi connectivity index (χ3v) is 4.96. The topological polar surface area (TPSA) is 61.8 Å². The lowest BCUT2D eigenvalue weighted by Crippen LogP contribution is -2.58. The summed E-state index contributed by atoms with van der Waals surface area (Å²) in [6.07, 6.45) is 0.314. The summed E-state index contributed by atoms with van der Waals surface area (Å²) in [6, 6.07) is 8.27. The van der Waals surface area contributed by atoms with E-state index in [1.807, 2.05) is 13.0 Å². The van der Waals surface area contributed by atoms with Crippen LogP contribution >= 0.6 is 11.3 Å². The number of aliphatic imine (C=N–C) groups is 1. The van der Waals surface area contributed by atoms with Gasteiger partial charge in [-0.15, -0.1) is 11.3 Å². The van der Waals surface area contributed by atoms with Gasteiger partial charge < -0.3 is 5.32 Å². The Morgan fingerprint density at radius 2 is 2.19 bits per heavy atom. The Labute approximate surface area is 125 Å². The van der Waals surface area contributed by atoms with Gasteiger partial charge >= 0.3 is 0 Å². The monoisotopic (exact) mass is 299 g/mol. The summed E-state index contributed by atoms with van der Waals surface area (Å²) < 4.78 is 1.22. The molecule has 0 unspecified atom stereocenters. The summed E-state index contributed by atoms with van der Waals surface area (Å²) in [7, 11) is 0. The van der Waals surface area contributed by atoms with E-state index >= 15 is 0 Å². The van der Waals surface area contributed by atoms with Crippen molar-refractivity contribution in [2.24, 2.45) is 4.99 Å². The molecule has 2 amide bonds. The van der Waals surface area contributed by atoms with Gasteiger partial charge in [-0.2, -0.15) is 4.99 Å². The molecule has 2 aromatic rings. The number of fused-ring (bicyclic) bond motifs is 2. The molecule has 2 aliphatic rings. The number of nitrogens with one attached hydrogen (secondary N) is 1. The molecule has 6 heteroatoms. The van der Waals surface area contributed by atoms with E-state index < -0.39 is 5.54 Å². The van der Waals surface area contributed by atoms with Crippen LogP contribution in [0.15, 0.2) is 34.6 Å². The zero-order valence-corrected chi connectivity index (χ0v) is 12.2. The molecule has 2 aliphatic heterocycles. The molecule has 21 heavy (non-hydrogen) atoms. The van der Waals surface area contributed by atoms with Crippen LogP contribution in [-0.2, 0) is 15.1 Å². The lowest BCUT2D eigenvalue weighted by molar-refractivity contribution is -0.132. The molecule has 0 saturated carbocycles. The van der Waals surface area contributed by atoms with Crippen molar-refractivity contribution < 1.29 is 9.59 Å². The van der Waals surface area contributed by atoms with Crippen LogP contribution in [0.3, 0.4) is 0 Å². The van der Waals surface area contributed by atoms with Crippen LogP contribution in [0.2, 0.25) is 0 Å². The number of hydrogen-bond acceptors (Lipinski definition) is 4. The fourth-order valence-electron chi connectivity index (χ4n) is 2.90. The van der Waals surface area contributed by atoms with E-state index in [0.717, 1.165) is 5.56 Å². The summed E-state index contributed by atoms with van der Waals surface area (Å²) in [6.45, 7) is 2.03. The minimum Gasteiger partial charge on any atom is -0.346 e.